The highest BCUT2D eigenvalue weighted by molar-refractivity contribution is 7.18. The molecule has 0 saturated heterocycles. The van der Waals surface area contributed by atoms with Crippen molar-refractivity contribution in [2.24, 2.45) is 0 Å². The molecule has 0 fully saturated rings. The number of aromatic nitrogens is 2. The number of aryl methyl sites for hydroxylation is 2. The fourth-order valence-electron chi connectivity index (χ4n) is 3.73. The van der Waals surface area contributed by atoms with Gasteiger partial charge in [0.05, 0.1) is 30.8 Å². The van der Waals surface area contributed by atoms with Crippen molar-refractivity contribution in [3.05, 3.63) is 50.8 Å². The quantitative estimate of drug-likeness (QED) is 0.650. The zero-order chi connectivity index (χ0) is 18.8. The highest BCUT2D eigenvalue weighted by Crippen LogP contribution is 2.33. The molecule has 6 nitrogen and oxygen atoms in total. The molecule has 144 valence electrons. The maximum atomic E-state index is 12.7. The van der Waals surface area contributed by atoms with Gasteiger partial charge in [-0.15, -0.1) is 11.3 Å². The zero-order valence-corrected chi connectivity index (χ0v) is 16.3. The minimum atomic E-state index is -0.426. The Labute approximate surface area is 161 Å². The second-order valence-electron chi connectivity index (χ2n) is 7.21. The van der Waals surface area contributed by atoms with Crippen molar-refractivity contribution < 1.29 is 9.52 Å². The summed E-state index contributed by atoms with van der Waals surface area (Å²) in [6, 6.07) is 3.77. The summed E-state index contributed by atoms with van der Waals surface area (Å²) in [5.41, 5.74) is 1.17. The fraction of sp³-hybridized carbons (Fsp3) is 0.500. The topological polar surface area (TPSA) is 82.4 Å². The first-order chi connectivity index (χ1) is 13.1. The lowest BCUT2D eigenvalue weighted by Crippen LogP contribution is -2.32. The van der Waals surface area contributed by atoms with Gasteiger partial charge in [-0.3, -0.25) is 9.69 Å². The molecule has 3 aromatic rings. The Bertz CT molecular complexity index is 961. The van der Waals surface area contributed by atoms with Crippen molar-refractivity contribution >= 4 is 21.6 Å². The fourth-order valence-corrected chi connectivity index (χ4v) is 5.01. The minimum absolute atomic E-state index is 0.0385. The third kappa shape index (κ3) is 4.00. The van der Waals surface area contributed by atoms with Crippen LogP contribution >= 0.6 is 11.3 Å². The van der Waals surface area contributed by atoms with Gasteiger partial charge >= 0.3 is 0 Å². The molecule has 1 aliphatic rings. The van der Waals surface area contributed by atoms with Crippen LogP contribution < -0.4 is 5.56 Å². The van der Waals surface area contributed by atoms with Crippen molar-refractivity contribution in [2.45, 2.75) is 58.2 Å². The first-order valence-electron chi connectivity index (χ1n) is 9.60. The Morgan fingerprint density at radius 2 is 2.22 bits per heavy atom. The molecule has 1 aliphatic carbocycles. The molecule has 3 aromatic heterocycles. The standard InChI is InChI=1S/C20H25N3O3S/c1-2-13(24)10-23(11-14-6-5-9-26-14)12-17-21-19(25)18-15-7-3-4-8-16(15)27-20(18)22-17/h5-6,9,13,24H,2-4,7-8,10-12H2,1H3,(H,21,22,25)/t13-/m0/s1. The molecule has 2 N–H and O–H groups in total. The number of aliphatic hydroxyl groups is 1. The maximum absolute atomic E-state index is 12.7. The summed E-state index contributed by atoms with van der Waals surface area (Å²) in [4.78, 5) is 24.7. The molecule has 0 unspecified atom stereocenters. The maximum Gasteiger partial charge on any atom is 0.259 e. The summed E-state index contributed by atoms with van der Waals surface area (Å²) in [5, 5.41) is 10.9. The molecule has 27 heavy (non-hydrogen) atoms. The van der Waals surface area contributed by atoms with Gasteiger partial charge in [0.2, 0.25) is 0 Å². The predicted molar refractivity (Wildman–Crippen MR) is 106 cm³/mol. The average molecular weight is 388 g/mol. The summed E-state index contributed by atoms with van der Waals surface area (Å²) < 4.78 is 5.45. The van der Waals surface area contributed by atoms with Crippen molar-refractivity contribution in [1.82, 2.24) is 14.9 Å². The van der Waals surface area contributed by atoms with Crippen molar-refractivity contribution in [3.63, 3.8) is 0 Å². The number of furan rings is 1. The van der Waals surface area contributed by atoms with Gasteiger partial charge in [-0.05, 0) is 49.8 Å². The van der Waals surface area contributed by atoms with E-state index in [1.807, 2.05) is 19.1 Å². The van der Waals surface area contributed by atoms with Gasteiger partial charge in [0, 0.05) is 11.4 Å². The van der Waals surface area contributed by atoms with Crippen LogP contribution in [-0.2, 0) is 25.9 Å². The first kappa shape index (κ1) is 18.4. The van der Waals surface area contributed by atoms with Crippen molar-refractivity contribution in [1.29, 1.82) is 0 Å². The van der Waals surface area contributed by atoms with Crippen LogP contribution in [-0.4, -0.2) is 32.6 Å². The number of aromatic amines is 1. The third-order valence-corrected chi connectivity index (χ3v) is 6.33. The van der Waals surface area contributed by atoms with Gasteiger partial charge in [-0.1, -0.05) is 6.92 Å². The third-order valence-electron chi connectivity index (χ3n) is 5.15. The highest BCUT2D eigenvalue weighted by atomic mass is 32.1. The van der Waals surface area contributed by atoms with E-state index in [2.05, 4.69) is 9.88 Å². The molecule has 0 bridgehead atoms. The van der Waals surface area contributed by atoms with Gasteiger partial charge in [-0.2, -0.15) is 0 Å². The van der Waals surface area contributed by atoms with Crippen LogP contribution in [0.1, 0.15) is 48.2 Å². The Morgan fingerprint density at radius 1 is 1.37 bits per heavy atom. The molecule has 0 amide bonds. The van der Waals surface area contributed by atoms with Crippen molar-refractivity contribution in [2.75, 3.05) is 6.54 Å². The van der Waals surface area contributed by atoms with Gasteiger partial charge < -0.3 is 14.5 Å². The number of H-pyrrole nitrogens is 1. The number of hydrogen-bond acceptors (Lipinski definition) is 6. The lowest BCUT2D eigenvalue weighted by molar-refractivity contribution is 0.0959. The zero-order valence-electron chi connectivity index (χ0n) is 15.5. The molecule has 0 aromatic carbocycles. The molecule has 0 spiro atoms. The Morgan fingerprint density at radius 3 is 3.00 bits per heavy atom. The molecule has 0 saturated carbocycles. The van der Waals surface area contributed by atoms with Crippen molar-refractivity contribution in [3.8, 4) is 0 Å². The van der Waals surface area contributed by atoms with Crippen LogP contribution in [0.15, 0.2) is 27.6 Å². The minimum Gasteiger partial charge on any atom is -0.468 e. The molecular weight excluding hydrogens is 362 g/mol. The van der Waals surface area contributed by atoms with Crippen LogP contribution in [0, 0.1) is 0 Å². The molecule has 4 rings (SSSR count). The average Bonchev–Trinajstić information content (AvgIpc) is 3.28. The normalized spacial score (nSPS) is 15.4. The molecule has 7 heteroatoms. The second-order valence-corrected chi connectivity index (χ2v) is 8.30. The van der Waals surface area contributed by atoms with E-state index in [0.717, 1.165) is 35.2 Å². The summed E-state index contributed by atoms with van der Waals surface area (Å²) in [7, 11) is 0. The lowest BCUT2D eigenvalue weighted by atomic mass is 9.97. The van der Waals surface area contributed by atoms with Crippen LogP contribution in [0.3, 0.4) is 0 Å². The highest BCUT2D eigenvalue weighted by Gasteiger charge is 2.21. The van der Waals surface area contributed by atoms with E-state index in [0.29, 0.717) is 31.9 Å². The summed E-state index contributed by atoms with van der Waals surface area (Å²) in [6.07, 6.45) is 6.26. The number of thiophene rings is 1. The summed E-state index contributed by atoms with van der Waals surface area (Å²) in [6.45, 7) is 3.48. The van der Waals surface area contributed by atoms with Crippen LogP contribution in [0.4, 0.5) is 0 Å². The molecule has 0 radical (unpaired) electrons. The molecule has 0 aliphatic heterocycles. The number of nitrogens with one attached hydrogen (secondary N) is 1. The van der Waals surface area contributed by atoms with E-state index in [4.69, 9.17) is 9.40 Å². The number of rotatable bonds is 7. The number of hydrogen-bond donors (Lipinski definition) is 2. The summed E-state index contributed by atoms with van der Waals surface area (Å²) >= 11 is 1.66. The van der Waals surface area contributed by atoms with Gasteiger partial charge in [0.15, 0.2) is 0 Å². The van der Waals surface area contributed by atoms with Crippen LogP contribution in [0.2, 0.25) is 0 Å². The molecule has 1 atom stereocenters. The van der Waals surface area contributed by atoms with E-state index < -0.39 is 6.10 Å². The predicted octanol–water partition coefficient (Wildman–Crippen LogP) is 3.23. The number of fused-ring (bicyclic) bond motifs is 3. The van der Waals surface area contributed by atoms with Gasteiger partial charge in [0.25, 0.3) is 5.56 Å². The monoisotopic (exact) mass is 387 g/mol. The van der Waals surface area contributed by atoms with E-state index in [9.17, 15) is 9.90 Å². The Kier molecular flexibility index (Phi) is 5.43. The number of nitrogens with zero attached hydrogens (tertiary/aromatic N) is 2. The van der Waals surface area contributed by atoms with Crippen LogP contribution in [0.5, 0.6) is 0 Å². The SMILES string of the molecule is CC[C@H](O)CN(Cc1nc2sc3c(c2c(=O)[nH]1)CCCC3)Cc1ccco1. The van der Waals surface area contributed by atoms with E-state index in [1.165, 1.54) is 16.9 Å². The largest absolute Gasteiger partial charge is 0.468 e. The molecule has 3 heterocycles. The van der Waals surface area contributed by atoms with E-state index in [1.54, 1.807) is 17.6 Å². The van der Waals surface area contributed by atoms with Gasteiger partial charge in [-0.25, -0.2) is 4.98 Å². The van der Waals surface area contributed by atoms with E-state index >= 15 is 0 Å². The smallest absolute Gasteiger partial charge is 0.259 e. The number of aliphatic hydroxyl groups excluding tert-OH is 1. The Balaban J connectivity index is 1.62. The molecular formula is C20H25N3O3S. The van der Waals surface area contributed by atoms with Gasteiger partial charge in [0.1, 0.15) is 16.4 Å². The Hall–Kier alpha value is -1.96. The summed E-state index contributed by atoms with van der Waals surface area (Å²) in [5.74, 6) is 1.47. The first-order valence-corrected chi connectivity index (χ1v) is 10.4. The lowest BCUT2D eigenvalue weighted by Gasteiger charge is -2.23. The van der Waals surface area contributed by atoms with Crippen LogP contribution in [0.25, 0.3) is 10.2 Å². The second kappa shape index (κ2) is 7.96. The van der Waals surface area contributed by atoms with E-state index in [-0.39, 0.29) is 5.56 Å².